The van der Waals surface area contributed by atoms with Crippen LogP contribution >= 0.6 is 11.8 Å². The maximum atomic E-state index is 10.2. The van der Waals surface area contributed by atoms with Crippen LogP contribution in [-0.4, -0.2) is 42.8 Å². The predicted octanol–water partition coefficient (Wildman–Crippen LogP) is 3.92. The van der Waals surface area contributed by atoms with E-state index in [0.717, 1.165) is 21.5 Å². The number of para-hydroxylation sites is 1. The Labute approximate surface area is 163 Å². The fraction of sp³-hybridized carbons (Fsp3) is 0.286. The van der Waals surface area contributed by atoms with E-state index in [1.54, 1.807) is 14.2 Å². The number of rotatable bonds is 9. The zero-order chi connectivity index (χ0) is 19.1. The Balaban J connectivity index is 1.46. The van der Waals surface area contributed by atoms with Gasteiger partial charge in [0.05, 0.1) is 44.1 Å². The van der Waals surface area contributed by atoms with E-state index >= 15 is 0 Å². The lowest BCUT2D eigenvalue weighted by molar-refractivity contribution is 0.0397. The van der Waals surface area contributed by atoms with Crippen LogP contribution in [0.4, 0.5) is 0 Å². The summed E-state index contributed by atoms with van der Waals surface area (Å²) in [6.07, 6.45) is -0.566. The minimum Gasteiger partial charge on any atom is -0.493 e. The van der Waals surface area contributed by atoms with Gasteiger partial charge in [-0.2, -0.15) is 0 Å². The highest BCUT2D eigenvalue weighted by atomic mass is 32.2. The minimum absolute atomic E-state index is 0.259. The van der Waals surface area contributed by atoms with Crippen LogP contribution in [0.1, 0.15) is 5.56 Å². The quantitative estimate of drug-likeness (QED) is 0.563. The van der Waals surface area contributed by atoms with Gasteiger partial charge in [0.25, 0.3) is 0 Å². The van der Waals surface area contributed by atoms with E-state index in [1.165, 1.54) is 11.8 Å². The molecule has 3 rings (SSSR count). The van der Waals surface area contributed by atoms with Gasteiger partial charge in [-0.25, -0.2) is 4.98 Å². The molecule has 0 spiro atoms. The van der Waals surface area contributed by atoms with Crippen LogP contribution in [0, 0.1) is 0 Å². The molecule has 0 radical (unpaired) electrons. The summed E-state index contributed by atoms with van der Waals surface area (Å²) in [7, 11) is 3.21. The molecular formula is C21H23NO4S. The Bertz CT molecular complexity index is 887. The molecule has 0 aliphatic carbocycles. The fourth-order valence-electron chi connectivity index (χ4n) is 2.64. The molecule has 0 amide bonds. The molecule has 5 nitrogen and oxygen atoms in total. The van der Waals surface area contributed by atoms with E-state index in [1.807, 2.05) is 54.6 Å². The number of thioether (sulfide) groups is 1. The molecule has 0 bridgehead atoms. The smallest absolute Gasteiger partial charge is 0.161 e. The van der Waals surface area contributed by atoms with Gasteiger partial charge in [0.15, 0.2) is 11.5 Å². The van der Waals surface area contributed by atoms with Crippen molar-refractivity contribution >= 4 is 22.7 Å². The van der Waals surface area contributed by atoms with Crippen molar-refractivity contribution in [2.45, 2.75) is 17.7 Å². The van der Waals surface area contributed by atoms with Crippen molar-refractivity contribution in [2.75, 3.05) is 26.6 Å². The summed E-state index contributed by atoms with van der Waals surface area (Å²) in [6.45, 7) is 0.658. The Morgan fingerprint density at radius 3 is 2.63 bits per heavy atom. The van der Waals surface area contributed by atoms with E-state index in [9.17, 15) is 5.11 Å². The van der Waals surface area contributed by atoms with E-state index in [4.69, 9.17) is 14.2 Å². The molecule has 0 aliphatic heterocycles. The molecule has 142 valence electrons. The number of aromatic nitrogens is 1. The number of hydrogen-bond donors (Lipinski definition) is 1. The number of aliphatic hydroxyl groups is 1. The summed E-state index contributed by atoms with van der Waals surface area (Å²) in [5.74, 6) is 1.87. The van der Waals surface area contributed by atoms with Crippen molar-refractivity contribution in [3.8, 4) is 11.5 Å². The second kappa shape index (κ2) is 9.60. The standard InChI is InChI=1S/C21H23NO4S/c1-24-19-9-7-15(11-20(19)25-2)12-26-13-17(23)14-27-21-10-8-16-5-3-4-6-18(16)22-21/h3-11,17,23H,12-14H2,1-2H3/t17-/m0/s1. The summed E-state index contributed by atoms with van der Waals surface area (Å²) < 4.78 is 16.1. The monoisotopic (exact) mass is 385 g/mol. The molecule has 2 aromatic carbocycles. The van der Waals surface area contributed by atoms with Crippen molar-refractivity contribution in [1.82, 2.24) is 4.98 Å². The van der Waals surface area contributed by atoms with Crippen LogP contribution in [0.3, 0.4) is 0 Å². The first-order valence-corrected chi connectivity index (χ1v) is 9.63. The van der Waals surface area contributed by atoms with Crippen molar-refractivity contribution in [2.24, 2.45) is 0 Å². The molecule has 1 atom stereocenters. The van der Waals surface area contributed by atoms with Gasteiger partial charge in [0.2, 0.25) is 0 Å². The third-order valence-electron chi connectivity index (χ3n) is 4.02. The Kier molecular flexibility index (Phi) is 6.92. The molecule has 6 heteroatoms. The normalized spacial score (nSPS) is 12.1. The van der Waals surface area contributed by atoms with Gasteiger partial charge >= 0.3 is 0 Å². The van der Waals surface area contributed by atoms with Crippen LogP contribution in [0.15, 0.2) is 59.6 Å². The highest BCUT2D eigenvalue weighted by Crippen LogP contribution is 2.28. The molecule has 1 heterocycles. The second-order valence-corrected chi connectivity index (χ2v) is 7.05. The fourth-order valence-corrected chi connectivity index (χ4v) is 3.43. The van der Waals surface area contributed by atoms with Gasteiger partial charge in [-0.15, -0.1) is 11.8 Å². The zero-order valence-corrected chi connectivity index (χ0v) is 16.2. The van der Waals surface area contributed by atoms with Gasteiger partial charge < -0.3 is 19.3 Å². The first-order chi connectivity index (χ1) is 13.2. The summed E-state index contributed by atoms with van der Waals surface area (Å²) in [5, 5.41) is 12.2. The number of hydrogen-bond acceptors (Lipinski definition) is 6. The highest BCUT2D eigenvalue weighted by molar-refractivity contribution is 7.99. The van der Waals surface area contributed by atoms with Crippen molar-refractivity contribution in [3.63, 3.8) is 0 Å². The number of pyridine rings is 1. The number of methoxy groups -OCH3 is 2. The van der Waals surface area contributed by atoms with Crippen LogP contribution in [0.2, 0.25) is 0 Å². The average molecular weight is 385 g/mol. The van der Waals surface area contributed by atoms with Crippen LogP contribution < -0.4 is 9.47 Å². The number of ether oxygens (including phenoxy) is 3. The first-order valence-electron chi connectivity index (χ1n) is 8.65. The minimum atomic E-state index is -0.566. The number of nitrogens with zero attached hydrogens (tertiary/aromatic N) is 1. The number of benzene rings is 2. The summed E-state index contributed by atoms with van der Waals surface area (Å²) in [5.41, 5.74) is 1.92. The van der Waals surface area contributed by atoms with Gasteiger partial charge in [-0.3, -0.25) is 0 Å². The lowest BCUT2D eigenvalue weighted by Gasteiger charge is -2.12. The van der Waals surface area contributed by atoms with E-state index in [0.29, 0.717) is 23.9 Å². The van der Waals surface area contributed by atoms with Crippen molar-refractivity contribution in [3.05, 3.63) is 60.2 Å². The van der Waals surface area contributed by atoms with E-state index in [2.05, 4.69) is 4.98 Å². The largest absolute Gasteiger partial charge is 0.493 e. The number of aliphatic hydroxyl groups excluding tert-OH is 1. The molecule has 27 heavy (non-hydrogen) atoms. The third-order valence-corrected chi connectivity index (χ3v) is 5.10. The molecule has 0 saturated carbocycles. The van der Waals surface area contributed by atoms with Crippen molar-refractivity contribution in [1.29, 1.82) is 0 Å². The highest BCUT2D eigenvalue weighted by Gasteiger charge is 2.09. The maximum Gasteiger partial charge on any atom is 0.161 e. The van der Waals surface area contributed by atoms with Gasteiger partial charge in [0.1, 0.15) is 0 Å². The molecule has 0 aliphatic rings. The number of fused-ring (bicyclic) bond motifs is 1. The Hall–Kier alpha value is -2.28. The lowest BCUT2D eigenvalue weighted by atomic mass is 10.2. The summed E-state index contributed by atoms with van der Waals surface area (Å²) >= 11 is 1.52. The molecule has 3 aromatic rings. The molecular weight excluding hydrogens is 362 g/mol. The van der Waals surface area contributed by atoms with Gasteiger partial charge in [-0.05, 0) is 29.8 Å². The Morgan fingerprint density at radius 1 is 1.00 bits per heavy atom. The topological polar surface area (TPSA) is 60.8 Å². The predicted molar refractivity (Wildman–Crippen MR) is 108 cm³/mol. The summed E-state index contributed by atoms with van der Waals surface area (Å²) in [4.78, 5) is 4.60. The zero-order valence-electron chi connectivity index (χ0n) is 15.4. The molecule has 1 N–H and O–H groups in total. The second-order valence-electron chi connectivity index (χ2n) is 6.01. The SMILES string of the molecule is COc1ccc(COC[C@H](O)CSc2ccc3ccccc3n2)cc1OC. The van der Waals surface area contributed by atoms with Crippen molar-refractivity contribution < 1.29 is 19.3 Å². The van der Waals surface area contributed by atoms with Gasteiger partial charge in [0, 0.05) is 11.1 Å². The van der Waals surface area contributed by atoms with Crippen LogP contribution in [0.25, 0.3) is 10.9 Å². The van der Waals surface area contributed by atoms with E-state index < -0.39 is 6.10 Å². The molecule has 0 saturated heterocycles. The first kappa shape index (κ1) is 19.5. The van der Waals surface area contributed by atoms with E-state index in [-0.39, 0.29) is 6.61 Å². The van der Waals surface area contributed by atoms with Crippen LogP contribution in [0.5, 0.6) is 11.5 Å². The Morgan fingerprint density at radius 2 is 1.81 bits per heavy atom. The lowest BCUT2D eigenvalue weighted by Crippen LogP contribution is -2.18. The molecule has 1 aromatic heterocycles. The summed E-state index contributed by atoms with van der Waals surface area (Å²) in [6, 6.07) is 17.6. The molecule has 0 fully saturated rings. The van der Waals surface area contributed by atoms with Crippen LogP contribution in [-0.2, 0) is 11.3 Å². The maximum absolute atomic E-state index is 10.2. The average Bonchev–Trinajstić information content (AvgIpc) is 2.72. The molecule has 0 unspecified atom stereocenters. The third kappa shape index (κ3) is 5.35. The van der Waals surface area contributed by atoms with Gasteiger partial charge in [-0.1, -0.05) is 30.3 Å².